The maximum Gasteiger partial charge on any atom is 0.293 e. The van der Waals surface area contributed by atoms with Crippen LogP contribution >= 0.6 is 11.3 Å². The van der Waals surface area contributed by atoms with Crippen molar-refractivity contribution in [2.75, 3.05) is 18.4 Å². The molecule has 2 aromatic heterocycles. The molecular weight excluding hydrogens is 372 g/mol. The van der Waals surface area contributed by atoms with Crippen LogP contribution in [-0.4, -0.2) is 43.6 Å². The van der Waals surface area contributed by atoms with E-state index in [0.29, 0.717) is 17.7 Å². The topological polar surface area (TPSA) is 75.9 Å². The number of aromatic nitrogens is 4. The third kappa shape index (κ3) is 3.22. The zero-order chi connectivity index (χ0) is 19.1. The number of aryl methyl sites for hydroxylation is 1. The van der Waals surface area contributed by atoms with Gasteiger partial charge in [0, 0.05) is 43.2 Å². The van der Waals surface area contributed by atoms with E-state index in [1.165, 1.54) is 4.88 Å². The van der Waals surface area contributed by atoms with Crippen LogP contribution in [0, 0.1) is 18.8 Å². The van der Waals surface area contributed by atoms with E-state index >= 15 is 0 Å². The lowest BCUT2D eigenvalue weighted by atomic mass is 9.89. The van der Waals surface area contributed by atoms with Crippen molar-refractivity contribution in [3.05, 3.63) is 58.1 Å². The van der Waals surface area contributed by atoms with E-state index in [0.717, 1.165) is 49.8 Å². The number of benzene rings is 1. The highest BCUT2D eigenvalue weighted by atomic mass is 32.1. The van der Waals surface area contributed by atoms with Crippen molar-refractivity contribution in [2.24, 2.45) is 11.8 Å². The Morgan fingerprint density at radius 1 is 1.18 bits per heavy atom. The molecule has 144 valence electrons. The Balaban J connectivity index is 1.29. The molecule has 0 saturated carbocycles. The van der Waals surface area contributed by atoms with Gasteiger partial charge in [0.05, 0.1) is 11.2 Å². The fraction of sp³-hybridized carbons (Fsp3) is 0.400. The molecule has 0 bridgehead atoms. The molecule has 1 amide bonds. The van der Waals surface area contributed by atoms with E-state index in [2.05, 4.69) is 32.3 Å². The van der Waals surface area contributed by atoms with Gasteiger partial charge in [0.15, 0.2) is 0 Å². The smallest absolute Gasteiger partial charge is 0.293 e. The van der Waals surface area contributed by atoms with E-state index in [9.17, 15) is 4.79 Å². The maximum absolute atomic E-state index is 12.7. The summed E-state index contributed by atoms with van der Waals surface area (Å²) in [6.07, 6.45) is 0.883. The minimum absolute atomic E-state index is 0.196. The number of carbonyl (C=O) groups is 1. The molecular formula is C20H22N6OS. The number of carbonyl (C=O) groups excluding carboxylic acids is 1. The highest BCUT2D eigenvalue weighted by molar-refractivity contribution is 7.09. The average Bonchev–Trinajstić information content (AvgIpc) is 3.39. The molecule has 4 heterocycles. The SMILES string of the molecule is Cc1ncsc1CN1C[C@@H]2Cc3nnc(C(=O)Nc4ccccc4)n3C[C@@H]2C1. The van der Waals surface area contributed by atoms with Gasteiger partial charge in [-0.3, -0.25) is 9.69 Å². The lowest BCUT2D eigenvalue weighted by molar-refractivity contribution is 0.100. The number of nitrogens with zero attached hydrogens (tertiary/aromatic N) is 5. The minimum atomic E-state index is -0.196. The Bertz CT molecular complexity index is 997. The molecule has 5 rings (SSSR count). The molecule has 1 N–H and O–H groups in total. The van der Waals surface area contributed by atoms with Crippen LogP contribution in [0.1, 0.15) is 27.0 Å². The van der Waals surface area contributed by atoms with Crippen LogP contribution in [0.4, 0.5) is 5.69 Å². The summed E-state index contributed by atoms with van der Waals surface area (Å²) in [7, 11) is 0. The van der Waals surface area contributed by atoms with Crippen LogP contribution in [0.15, 0.2) is 35.8 Å². The van der Waals surface area contributed by atoms with Crippen LogP contribution in [-0.2, 0) is 19.5 Å². The summed E-state index contributed by atoms with van der Waals surface area (Å²) in [4.78, 5) is 20.9. The first-order valence-electron chi connectivity index (χ1n) is 9.57. The van der Waals surface area contributed by atoms with Crippen molar-refractivity contribution >= 4 is 22.9 Å². The van der Waals surface area contributed by atoms with Gasteiger partial charge in [-0.2, -0.15) is 0 Å². The molecule has 0 radical (unpaired) electrons. The van der Waals surface area contributed by atoms with Gasteiger partial charge in [0.25, 0.3) is 5.91 Å². The zero-order valence-corrected chi connectivity index (χ0v) is 16.5. The van der Waals surface area contributed by atoms with Crippen molar-refractivity contribution in [2.45, 2.75) is 26.4 Å². The highest BCUT2D eigenvalue weighted by Gasteiger charge is 2.39. The third-order valence-electron chi connectivity index (χ3n) is 5.79. The van der Waals surface area contributed by atoms with Crippen molar-refractivity contribution in [3.63, 3.8) is 0 Å². The predicted molar refractivity (Wildman–Crippen MR) is 107 cm³/mol. The second kappa shape index (κ2) is 7.10. The van der Waals surface area contributed by atoms with Crippen molar-refractivity contribution in [1.29, 1.82) is 0 Å². The van der Waals surface area contributed by atoms with Crippen molar-refractivity contribution in [3.8, 4) is 0 Å². The summed E-state index contributed by atoms with van der Waals surface area (Å²) < 4.78 is 2.01. The van der Waals surface area contributed by atoms with Gasteiger partial charge in [0.2, 0.25) is 5.82 Å². The molecule has 1 fully saturated rings. The van der Waals surface area contributed by atoms with Gasteiger partial charge < -0.3 is 9.88 Å². The number of fused-ring (bicyclic) bond motifs is 2. The first-order valence-corrected chi connectivity index (χ1v) is 10.4. The largest absolute Gasteiger partial charge is 0.319 e. The van der Waals surface area contributed by atoms with Gasteiger partial charge in [-0.05, 0) is 30.9 Å². The van der Waals surface area contributed by atoms with Crippen LogP contribution in [0.3, 0.4) is 0 Å². The Morgan fingerprint density at radius 2 is 2.00 bits per heavy atom. The molecule has 0 spiro atoms. The molecule has 0 aliphatic carbocycles. The molecule has 2 aliphatic heterocycles. The van der Waals surface area contributed by atoms with Gasteiger partial charge >= 0.3 is 0 Å². The maximum atomic E-state index is 12.7. The normalized spacial score (nSPS) is 21.3. The highest BCUT2D eigenvalue weighted by Crippen LogP contribution is 2.34. The van der Waals surface area contributed by atoms with Crippen LogP contribution < -0.4 is 5.32 Å². The van der Waals surface area contributed by atoms with E-state index < -0.39 is 0 Å². The van der Waals surface area contributed by atoms with E-state index in [1.54, 1.807) is 11.3 Å². The second-order valence-corrected chi connectivity index (χ2v) is 8.59. The number of hydrogen-bond donors (Lipinski definition) is 1. The van der Waals surface area contributed by atoms with Crippen molar-refractivity contribution < 1.29 is 4.79 Å². The summed E-state index contributed by atoms with van der Waals surface area (Å²) in [6, 6.07) is 9.47. The van der Waals surface area contributed by atoms with Gasteiger partial charge in [-0.15, -0.1) is 21.5 Å². The Morgan fingerprint density at radius 3 is 2.79 bits per heavy atom. The molecule has 2 aliphatic rings. The molecule has 2 atom stereocenters. The number of hydrogen-bond acceptors (Lipinski definition) is 6. The van der Waals surface area contributed by atoms with E-state index in [4.69, 9.17) is 0 Å². The number of para-hydroxylation sites is 1. The van der Waals surface area contributed by atoms with Crippen LogP contribution in [0.25, 0.3) is 0 Å². The minimum Gasteiger partial charge on any atom is -0.319 e. The lowest BCUT2D eigenvalue weighted by Gasteiger charge is -2.25. The second-order valence-electron chi connectivity index (χ2n) is 7.65. The zero-order valence-electron chi connectivity index (χ0n) is 15.7. The van der Waals surface area contributed by atoms with Crippen molar-refractivity contribution in [1.82, 2.24) is 24.6 Å². The summed E-state index contributed by atoms with van der Waals surface area (Å²) in [5.74, 6) is 2.25. The van der Waals surface area contributed by atoms with Gasteiger partial charge in [0.1, 0.15) is 5.82 Å². The molecule has 8 heteroatoms. The summed E-state index contributed by atoms with van der Waals surface area (Å²) in [6.45, 7) is 5.96. The Hall–Kier alpha value is -2.58. The quantitative estimate of drug-likeness (QED) is 0.736. The summed E-state index contributed by atoms with van der Waals surface area (Å²) in [5.41, 5.74) is 3.83. The third-order valence-corrected chi connectivity index (χ3v) is 6.71. The molecule has 3 aromatic rings. The summed E-state index contributed by atoms with van der Waals surface area (Å²) >= 11 is 1.73. The molecule has 7 nitrogen and oxygen atoms in total. The fourth-order valence-corrected chi connectivity index (χ4v) is 5.13. The molecule has 0 unspecified atom stereocenters. The number of anilines is 1. The van der Waals surface area contributed by atoms with Gasteiger partial charge in [-0.1, -0.05) is 18.2 Å². The number of likely N-dealkylation sites (tertiary alicyclic amines) is 1. The number of rotatable bonds is 4. The molecule has 28 heavy (non-hydrogen) atoms. The van der Waals surface area contributed by atoms with Crippen LogP contribution in [0.2, 0.25) is 0 Å². The lowest BCUT2D eigenvalue weighted by Crippen LogP contribution is -2.31. The predicted octanol–water partition coefficient (Wildman–Crippen LogP) is 2.60. The number of thiazole rings is 1. The van der Waals surface area contributed by atoms with E-state index in [1.807, 2.05) is 40.4 Å². The fourth-order valence-electron chi connectivity index (χ4n) is 4.31. The Kier molecular flexibility index (Phi) is 4.44. The number of nitrogens with one attached hydrogen (secondary N) is 1. The monoisotopic (exact) mass is 394 g/mol. The Labute approximate surface area is 167 Å². The van der Waals surface area contributed by atoms with Crippen LogP contribution in [0.5, 0.6) is 0 Å². The standard InChI is InChI=1S/C20H22N6OS/c1-13-17(28-12-21-13)11-25-8-14-7-18-23-24-19(26(18)10-15(14)9-25)20(27)22-16-5-3-2-4-6-16/h2-6,12,14-15H,7-11H2,1H3,(H,22,27)/t14-,15-/m0/s1. The summed E-state index contributed by atoms with van der Waals surface area (Å²) in [5, 5.41) is 11.4. The molecule has 1 aromatic carbocycles. The number of amides is 1. The molecule has 1 saturated heterocycles. The van der Waals surface area contributed by atoms with E-state index in [-0.39, 0.29) is 5.91 Å². The average molecular weight is 395 g/mol. The first kappa shape index (κ1) is 17.5. The first-order chi connectivity index (χ1) is 13.7. The van der Waals surface area contributed by atoms with Gasteiger partial charge in [-0.25, -0.2) is 4.98 Å².